The highest BCUT2D eigenvalue weighted by Gasteiger charge is 2.38. The molecule has 0 saturated carbocycles. The van der Waals surface area contributed by atoms with Crippen LogP contribution >= 0.6 is 12.2 Å². The molecule has 0 radical (unpaired) electrons. The van der Waals surface area contributed by atoms with Gasteiger partial charge < -0.3 is 10.1 Å². The number of benzene rings is 1. The highest BCUT2D eigenvalue weighted by atomic mass is 32.1. The molecule has 2 fully saturated rings. The minimum absolute atomic E-state index is 0.0965. The lowest BCUT2D eigenvalue weighted by Gasteiger charge is -2.31. The van der Waals surface area contributed by atoms with E-state index >= 15 is 0 Å². The second-order valence-corrected chi connectivity index (χ2v) is 6.18. The minimum Gasteiger partial charge on any atom is -0.379 e. The van der Waals surface area contributed by atoms with Crippen molar-refractivity contribution in [3.8, 4) is 0 Å². The van der Waals surface area contributed by atoms with Crippen LogP contribution in [0, 0.1) is 5.92 Å². The van der Waals surface area contributed by atoms with Crippen molar-refractivity contribution in [3.63, 3.8) is 0 Å². The number of carbonyl (C=O) groups is 2. The minimum atomic E-state index is -0.961. The molecule has 3 rings (SSSR count). The molecule has 2 saturated heterocycles. The van der Waals surface area contributed by atoms with Crippen LogP contribution in [0.1, 0.15) is 0 Å². The summed E-state index contributed by atoms with van der Waals surface area (Å²) in [5.41, 5.74) is 0.629. The van der Waals surface area contributed by atoms with Gasteiger partial charge in [-0.25, -0.2) is 0 Å². The summed E-state index contributed by atoms with van der Waals surface area (Å²) < 4.78 is 5.30. The first-order valence-corrected chi connectivity index (χ1v) is 8.61. The number of nitrogens with zero attached hydrogens (tertiary/aromatic N) is 3. The van der Waals surface area contributed by atoms with Crippen molar-refractivity contribution in [1.82, 2.24) is 10.2 Å². The van der Waals surface area contributed by atoms with Gasteiger partial charge in [-0.2, -0.15) is 0 Å². The third-order valence-electron chi connectivity index (χ3n) is 4.12. The Morgan fingerprint density at radius 2 is 1.96 bits per heavy atom. The zero-order chi connectivity index (χ0) is 17.6. The molecular formula is C17H20N4O3S. The molecule has 8 heteroatoms. The van der Waals surface area contributed by atoms with Crippen LogP contribution in [-0.4, -0.2) is 67.4 Å². The third kappa shape index (κ3) is 4.28. The number of para-hydroxylation sites is 1. The van der Waals surface area contributed by atoms with Gasteiger partial charge in [0.05, 0.1) is 25.4 Å². The zero-order valence-electron chi connectivity index (χ0n) is 13.8. The number of anilines is 1. The first-order chi connectivity index (χ1) is 12.2. The molecule has 1 aromatic carbocycles. The molecule has 2 aliphatic heterocycles. The second-order valence-electron chi connectivity index (χ2n) is 5.79. The summed E-state index contributed by atoms with van der Waals surface area (Å²) in [5.74, 6) is -1.77. The lowest BCUT2D eigenvalue weighted by Crippen LogP contribution is -2.58. The number of carbonyl (C=O) groups excluding carboxylic acids is 2. The standard InChI is InChI=1S/C17H20N4O3S/c22-15-14(12-18-6-7-20-8-10-24-11-9-20)16(23)21(17(25)19-15)13-4-2-1-3-5-13/h1-5,12,14H,6-11H2,(H,19,22,25)/t14-/m0/s1. The monoisotopic (exact) mass is 360 g/mol. The summed E-state index contributed by atoms with van der Waals surface area (Å²) in [5, 5.41) is 2.67. The number of morpholine rings is 1. The van der Waals surface area contributed by atoms with Crippen molar-refractivity contribution in [3.05, 3.63) is 30.3 Å². The van der Waals surface area contributed by atoms with Crippen LogP contribution in [0.3, 0.4) is 0 Å². The summed E-state index contributed by atoms with van der Waals surface area (Å²) in [6.45, 7) is 4.55. The van der Waals surface area contributed by atoms with Crippen LogP contribution < -0.4 is 10.2 Å². The molecule has 0 spiro atoms. The SMILES string of the molecule is O=C1NC(=S)N(c2ccccc2)C(=O)[C@H]1C=NCCN1CCOCC1. The molecule has 2 heterocycles. The molecule has 1 N–H and O–H groups in total. The Bertz CT molecular complexity index is 674. The van der Waals surface area contributed by atoms with Crippen LogP contribution in [0.5, 0.6) is 0 Å². The fourth-order valence-electron chi connectivity index (χ4n) is 2.75. The van der Waals surface area contributed by atoms with Crippen LogP contribution in [0.25, 0.3) is 0 Å². The van der Waals surface area contributed by atoms with E-state index < -0.39 is 11.8 Å². The molecule has 25 heavy (non-hydrogen) atoms. The maximum absolute atomic E-state index is 12.7. The van der Waals surface area contributed by atoms with Gasteiger partial charge in [-0.3, -0.25) is 24.4 Å². The Labute approximate surface area is 151 Å². The Morgan fingerprint density at radius 3 is 2.68 bits per heavy atom. The summed E-state index contributed by atoms with van der Waals surface area (Å²) in [7, 11) is 0. The van der Waals surface area contributed by atoms with E-state index in [-0.39, 0.29) is 11.0 Å². The highest BCUT2D eigenvalue weighted by molar-refractivity contribution is 7.80. The average Bonchev–Trinajstić information content (AvgIpc) is 2.62. The van der Waals surface area contributed by atoms with E-state index in [1.807, 2.05) is 18.2 Å². The van der Waals surface area contributed by atoms with E-state index in [1.165, 1.54) is 11.1 Å². The number of hydrogen-bond acceptors (Lipinski definition) is 6. The van der Waals surface area contributed by atoms with E-state index in [0.717, 1.165) is 32.8 Å². The quantitative estimate of drug-likeness (QED) is 0.469. The maximum Gasteiger partial charge on any atom is 0.251 e. The molecule has 0 aromatic heterocycles. The van der Waals surface area contributed by atoms with Gasteiger partial charge >= 0.3 is 0 Å². The van der Waals surface area contributed by atoms with Crippen molar-refractivity contribution in [2.24, 2.45) is 10.9 Å². The molecule has 2 amide bonds. The first kappa shape index (κ1) is 17.7. The number of rotatable bonds is 5. The molecular weight excluding hydrogens is 340 g/mol. The van der Waals surface area contributed by atoms with Gasteiger partial charge in [0, 0.05) is 25.8 Å². The van der Waals surface area contributed by atoms with Crippen molar-refractivity contribution in [2.75, 3.05) is 44.3 Å². The third-order valence-corrected chi connectivity index (χ3v) is 4.40. The molecule has 132 valence electrons. The largest absolute Gasteiger partial charge is 0.379 e. The molecule has 0 bridgehead atoms. The number of thiocarbonyl (C=S) groups is 1. The topological polar surface area (TPSA) is 74.2 Å². The van der Waals surface area contributed by atoms with E-state index in [4.69, 9.17) is 17.0 Å². The zero-order valence-corrected chi connectivity index (χ0v) is 14.6. The summed E-state index contributed by atoms with van der Waals surface area (Å²) in [4.78, 5) is 32.7. The van der Waals surface area contributed by atoms with Crippen LogP contribution in [0.4, 0.5) is 5.69 Å². The van der Waals surface area contributed by atoms with E-state index in [0.29, 0.717) is 12.2 Å². The lowest BCUT2D eigenvalue weighted by atomic mass is 10.1. The number of ether oxygens (including phenoxy) is 1. The Balaban J connectivity index is 1.63. The first-order valence-electron chi connectivity index (χ1n) is 8.21. The van der Waals surface area contributed by atoms with Gasteiger partial charge in [0.15, 0.2) is 11.0 Å². The lowest BCUT2D eigenvalue weighted by molar-refractivity contribution is -0.130. The Morgan fingerprint density at radius 1 is 1.24 bits per heavy atom. The average molecular weight is 360 g/mol. The number of nitrogens with one attached hydrogen (secondary N) is 1. The van der Waals surface area contributed by atoms with Gasteiger partial charge in [0.2, 0.25) is 5.91 Å². The van der Waals surface area contributed by atoms with Gasteiger partial charge in [0.1, 0.15) is 0 Å². The predicted molar refractivity (Wildman–Crippen MR) is 98.8 cm³/mol. The van der Waals surface area contributed by atoms with Gasteiger partial charge in [0.25, 0.3) is 5.91 Å². The Kier molecular flexibility index (Phi) is 5.85. The summed E-state index contributed by atoms with van der Waals surface area (Å²) in [6.07, 6.45) is 1.43. The number of aliphatic imine (C=N–C) groups is 1. The van der Waals surface area contributed by atoms with Crippen molar-refractivity contribution < 1.29 is 14.3 Å². The van der Waals surface area contributed by atoms with E-state index in [9.17, 15) is 9.59 Å². The van der Waals surface area contributed by atoms with Crippen molar-refractivity contribution in [1.29, 1.82) is 0 Å². The summed E-state index contributed by atoms with van der Waals surface area (Å²) in [6, 6.07) is 9.02. The van der Waals surface area contributed by atoms with E-state index in [2.05, 4.69) is 15.2 Å². The van der Waals surface area contributed by atoms with Crippen LogP contribution in [0.2, 0.25) is 0 Å². The highest BCUT2D eigenvalue weighted by Crippen LogP contribution is 2.19. The normalized spacial score (nSPS) is 22.5. The van der Waals surface area contributed by atoms with Gasteiger partial charge in [-0.15, -0.1) is 0 Å². The molecule has 0 aliphatic carbocycles. The van der Waals surface area contributed by atoms with Gasteiger partial charge in [-0.1, -0.05) is 18.2 Å². The fourth-order valence-corrected chi connectivity index (χ4v) is 3.04. The molecule has 7 nitrogen and oxygen atoms in total. The van der Waals surface area contributed by atoms with Crippen LogP contribution in [-0.2, 0) is 14.3 Å². The molecule has 1 aromatic rings. The number of hydrogen-bond donors (Lipinski definition) is 1. The fraction of sp³-hybridized carbons (Fsp3) is 0.412. The van der Waals surface area contributed by atoms with Crippen molar-refractivity contribution in [2.45, 2.75) is 0 Å². The number of amides is 2. The van der Waals surface area contributed by atoms with Crippen LogP contribution in [0.15, 0.2) is 35.3 Å². The smallest absolute Gasteiger partial charge is 0.251 e. The second kappa shape index (κ2) is 8.28. The van der Waals surface area contributed by atoms with Crippen molar-refractivity contribution >= 4 is 41.0 Å². The molecule has 0 unspecified atom stereocenters. The predicted octanol–water partition coefficient (Wildman–Crippen LogP) is 0.453. The maximum atomic E-state index is 12.7. The van der Waals surface area contributed by atoms with Gasteiger partial charge in [-0.05, 0) is 24.4 Å². The Hall–Kier alpha value is -2.16. The van der Waals surface area contributed by atoms with E-state index in [1.54, 1.807) is 12.1 Å². The molecule has 1 atom stereocenters. The molecule has 2 aliphatic rings. The summed E-state index contributed by atoms with van der Waals surface area (Å²) >= 11 is 5.15.